The van der Waals surface area contributed by atoms with Crippen molar-refractivity contribution in [2.24, 2.45) is 5.84 Å². The van der Waals surface area contributed by atoms with Gasteiger partial charge in [-0.05, 0) is 25.0 Å². The van der Waals surface area contributed by atoms with Gasteiger partial charge in [-0.2, -0.15) is 0 Å². The highest BCUT2D eigenvalue weighted by atomic mass is 16.3. The Morgan fingerprint density at radius 3 is 3.00 bits per heavy atom. The van der Waals surface area contributed by atoms with Gasteiger partial charge in [0.25, 0.3) is 5.91 Å². The summed E-state index contributed by atoms with van der Waals surface area (Å²) in [4.78, 5) is 18.1. The molecule has 2 rings (SSSR count). The van der Waals surface area contributed by atoms with Gasteiger partial charge in [0.2, 0.25) is 0 Å². The second-order valence-corrected chi connectivity index (χ2v) is 4.42. The highest BCUT2D eigenvalue weighted by Gasteiger charge is 2.25. The summed E-state index contributed by atoms with van der Waals surface area (Å²) in [7, 11) is 0. The maximum absolute atomic E-state index is 12.2. The molecule has 1 atom stereocenters. The highest BCUT2D eigenvalue weighted by molar-refractivity contribution is 5.95. The zero-order valence-electron chi connectivity index (χ0n) is 10.4. The number of nitrogen functional groups attached to an aromatic ring is 1. The molecule has 4 N–H and O–H groups in total. The van der Waals surface area contributed by atoms with Gasteiger partial charge in [-0.1, -0.05) is 6.92 Å². The van der Waals surface area contributed by atoms with E-state index in [-0.39, 0.29) is 5.91 Å². The number of carbonyl (C=O) groups is 1. The maximum Gasteiger partial charge on any atom is 0.254 e. The number of rotatable bonds is 3. The first-order chi connectivity index (χ1) is 8.63. The maximum atomic E-state index is 12.2. The van der Waals surface area contributed by atoms with Gasteiger partial charge in [0, 0.05) is 24.3 Å². The van der Waals surface area contributed by atoms with Crippen molar-refractivity contribution >= 4 is 11.7 Å². The van der Waals surface area contributed by atoms with E-state index in [4.69, 9.17) is 5.84 Å². The minimum atomic E-state index is -0.409. The molecule has 1 aromatic heterocycles. The molecule has 1 amide bonds. The van der Waals surface area contributed by atoms with Crippen molar-refractivity contribution in [3.63, 3.8) is 0 Å². The van der Waals surface area contributed by atoms with Crippen LogP contribution in [0.25, 0.3) is 0 Å². The molecule has 1 aliphatic heterocycles. The van der Waals surface area contributed by atoms with Gasteiger partial charge < -0.3 is 15.4 Å². The molecule has 98 valence electrons. The Kier molecular flexibility index (Phi) is 3.78. The molecule has 6 nitrogen and oxygen atoms in total. The summed E-state index contributed by atoms with van der Waals surface area (Å²) in [5, 5.41) is 9.46. The molecule has 0 bridgehead atoms. The summed E-state index contributed by atoms with van der Waals surface area (Å²) in [6, 6.07) is 3.40. The summed E-state index contributed by atoms with van der Waals surface area (Å²) in [6.07, 6.45) is 0.964. The number of aliphatic hydroxyl groups is 1. The Hall–Kier alpha value is -1.66. The van der Waals surface area contributed by atoms with Crippen molar-refractivity contribution < 1.29 is 9.90 Å². The van der Waals surface area contributed by atoms with E-state index < -0.39 is 6.10 Å². The van der Waals surface area contributed by atoms with E-state index in [0.29, 0.717) is 30.9 Å². The van der Waals surface area contributed by atoms with Gasteiger partial charge in [0.05, 0.1) is 6.10 Å². The number of β-amino-alcohol motifs (C(OH)–C–C–N with tert-alkyl or cyclic N) is 1. The van der Waals surface area contributed by atoms with Crippen LogP contribution < -0.4 is 11.3 Å². The van der Waals surface area contributed by atoms with Crippen LogP contribution in [-0.4, -0.2) is 40.1 Å². The number of hydrogen-bond acceptors (Lipinski definition) is 5. The van der Waals surface area contributed by atoms with Crippen molar-refractivity contribution in [2.75, 3.05) is 18.5 Å². The third kappa shape index (κ3) is 2.60. The van der Waals surface area contributed by atoms with Crippen LogP contribution in [0, 0.1) is 0 Å². The lowest BCUT2D eigenvalue weighted by Crippen LogP contribution is -2.29. The number of anilines is 1. The van der Waals surface area contributed by atoms with E-state index in [1.165, 1.54) is 0 Å². The van der Waals surface area contributed by atoms with Gasteiger partial charge in [-0.15, -0.1) is 0 Å². The predicted octanol–water partition coefficient (Wildman–Crippen LogP) is 0.136. The normalized spacial score (nSPS) is 19.1. The Labute approximate surface area is 106 Å². The number of nitrogens with one attached hydrogen (secondary N) is 1. The number of nitrogens with two attached hydrogens (primary N) is 1. The molecule has 0 aliphatic carbocycles. The molecule has 0 spiro atoms. The largest absolute Gasteiger partial charge is 0.391 e. The Morgan fingerprint density at radius 2 is 2.44 bits per heavy atom. The number of carbonyl (C=O) groups excluding carboxylic acids is 1. The van der Waals surface area contributed by atoms with Crippen LogP contribution in [0.4, 0.5) is 5.82 Å². The first kappa shape index (κ1) is 12.8. The topological polar surface area (TPSA) is 91.5 Å². The van der Waals surface area contributed by atoms with E-state index in [9.17, 15) is 9.90 Å². The lowest BCUT2D eigenvalue weighted by Gasteiger charge is -2.16. The van der Waals surface area contributed by atoms with Crippen molar-refractivity contribution in [1.82, 2.24) is 9.88 Å². The third-order valence-electron chi connectivity index (χ3n) is 3.09. The molecule has 1 unspecified atom stereocenters. The monoisotopic (exact) mass is 250 g/mol. The summed E-state index contributed by atoms with van der Waals surface area (Å²) >= 11 is 0. The third-order valence-corrected chi connectivity index (χ3v) is 3.09. The molecule has 0 aromatic carbocycles. The van der Waals surface area contributed by atoms with Gasteiger partial charge in [0.1, 0.15) is 5.82 Å². The number of aryl methyl sites for hydroxylation is 1. The van der Waals surface area contributed by atoms with Gasteiger partial charge in [-0.25, -0.2) is 10.8 Å². The predicted molar refractivity (Wildman–Crippen MR) is 68.0 cm³/mol. The summed E-state index contributed by atoms with van der Waals surface area (Å²) in [6.45, 7) is 2.96. The Morgan fingerprint density at radius 1 is 1.67 bits per heavy atom. The molecule has 18 heavy (non-hydrogen) atoms. The second kappa shape index (κ2) is 5.32. The lowest BCUT2D eigenvalue weighted by molar-refractivity contribution is 0.0765. The van der Waals surface area contributed by atoms with E-state index in [1.807, 2.05) is 6.92 Å². The number of aliphatic hydroxyl groups excluding tert-OH is 1. The number of hydrogen-bond donors (Lipinski definition) is 3. The molecular weight excluding hydrogens is 232 g/mol. The number of pyridine rings is 1. The van der Waals surface area contributed by atoms with Gasteiger partial charge in [-0.3, -0.25) is 4.79 Å². The van der Waals surface area contributed by atoms with Crippen LogP contribution in [0.2, 0.25) is 0 Å². The standard InChI is InChI=1S/C12H18N4O2/c1-2-9-5-8(6-11(14-9)15-13)12(18)16-4-3-10(17)7-16/h5-6,10,17H,2-4,7,13H2,1H3,(H,14,15). The van der Waals surface area contributed by atoms with E-state index in [1.54, 1.807) is 17.0 Å². The van der Waals surface area contributed by atoms with Crippen molar-refractivity contribution in [1.29, 1.82) is 0 Å². The molecule has 1 fully saturated rings. The summed E-state index contributed by atoms with van der Waals surface area (Å²) in [5.74, 6) is 5.74. The fourth-order valence-electron chi connectivity index (χ4n) is 2.08. The Bertz CT molecular complexity index is 427. The van der Waals surface area contributed by atoms with Crippen LogP contribution in [0.1, 0.15) is 29.4 Å². The SMILES string of the molecule is CCc1cc(C(=O)N2CCC(O)C2)cc(NN)n1. The summed E-state index contributed by atoms with van der Waals surface area (Å²) < 4.78 is 0. The second-order valence-electron chi connectivity index (χ2n) is 4.42. The fourth-order valence-corrected chi connectivity index (χ4v) is 2.08. The quantitative estimate of drug-likeness (QED) is 0.524. The molecule has 0 radical (unpaired) electrons. The first-order valence-corrected chi connectivity index (χ1v) is 6.09. The molecule has 6 heteroatoms. The van der Waals surface area contributed by atoms with Crippen molar-refractivity contribution in [3.05, 3.63) is 23.4 Å². The van der Waals surface area contributed by atoms with Gasteiger partial charge >= 0.3 is 0 Å². The van der Waals surface area contributed by atoms with Crippen molar-refractivity contribution in [2.45, 2.75) is 25.9 Å². The molecule has 2 heterocycles. The molecule has 0 saturated carbocycles. The average molecular weight is 250 g/mol. The van der Waals surface area contributed by atoms with E-state index >= 15 is 0 Å². The molecule has 1 aliphatic rings. The number of hydrazine groups is 1. The highest BCUT2D eigenvalue weighted by Crippen LogP contribution is 2.16. The fraction of sp³-hybridized carbons (Fsp3) is 0.500. The first-order valence-electron chi connectivity index (χ1n) is 6.09. The van der Waals surface area contributed by atoms with Crippen LogP contribution in [0.15, 0.2) is 12.1 Å². The number of aromatic nitrogens is 1. The minimum absolute atomic E-state index is 0.0832. The van der Waals surface area contributed by atoms with E-state index in [0.717, 1.165) is 12.1 Å². The van der Waals surface area contributed by atoms with Crippen LogP contribution in [0.3, 0.4) is 0 Å². The number of amides is 1. The van der Waals surface area contributed by atoms with E-state index in [2.05, 4.69) is 10.4 Å². The molecule has 1 saturated heterocycles. The zero-order valence-corrected chi connectivity index (χ0v) is 10.4. The summed E-state index contributed by atoms with van der Waals surface area (Å²) in [5.41, 5.74) is 3.84. The smallest absolute Gasteiger partial charge is 0.254 e. The van der Waals surface area contributed by atoms with Gasteiger partial charge in [0.15, 0.2) is 0 Å². The number of nitrogens with zero attached hydrogens (tertiary/aromatic N) is 2. The Balaban J connectivity index is 2.24. The zero-order chi connectivity index (χ0) is 13.1. The molecule has 1 aromatic rings. The molecular formula is C12H18N4O2. The van der Waals surface area contributed by atoms with Crippen LogP contribution in [-0.2, 0) is 6.42 Å². The van der Waals surface area contributed by atoms with Crippen LogP contribution in [0.5, 0.6) is 0 Å². The minimum Gasteiger partial charge on any atom is -0.391 e. The average Bonchev–Trinajstić information content (AvgIpc) is 2.83. The van der Waals surface area contributed by atoms with Crippen LogP contribution >= 0.6 is 0 Å². The lowest BCUT2D eigenvalue weighted by atomic mass is 10.1. The van der Waals surface area contributed by atoms with Crippen molar-refractivity contribution in [3.8, 4) is 0 Å². The number of likely N-dealkylation sites (tertiary alicyclic amines) is 1.